The molecule has 0 amide bonds. The molecule has 0 bridgehead atoms. The summed E-state index contributed by atoms with van der Waals surface area (Å²) in [6, 6.07) is 1.46. The molecule has 0 nitrogen and oxygen atoms in total. The average molecular weight is 415 g/mol. The van der Waals surface area contributed by atoms with Crippen molar-refractivity contribution in [2.24, 2.45) is 0 Å². The van der Waals surface area contributed by atoms with Crippen molar-refractivity contribution in [2.45, 2.75) is 136 Å². The highest BCUT2D eigenvalue weighted by atomic mass is 29.8. The predicted molar refractivity (Wildman–Crippen MR) is 130 cm³/mol. The Morgan fingerprint density at radius 2 is 0.760 bits per heavy atom. The first-order valence-electron chi connectivity index (χ1n) is 10.3. The first-order valence-corrected chi connectivity index (χ1v) is 22.0. The van der Waals surface area contributed by atoms with E-state index in [-0.39, 0.29) is 7.89 Å². The van der Waals surface area contributed by atoms with E-state index >= 15 is 0 Å². The van der Waals surface area contributed by atoms with Crippen molar-refractivity contribution in [1.29, 1.82) is 0 Å². The second kappa shape index (κ2) is 7.36. The molecule has 0 aliphatic carbocycles. The van der Waals surface area contributed by atoms with Crippen LogP contribution >= 0.6 is 0 Å². The molecule has 0 spiro atoms. The molecule has 0 saturated carbocycles. The summed E-state index contributed by atoms with van der Waals surface area (Å²) in [5.74, 6) is 0. The van der Waals surface area contributed by atoms with Crippen molar-refractivity contribution in [3.8, 4) is 0 Å². The topological polar surface area (TPSA) is 0 Å². The quantitative estimate of drug-likeness (QED) is 0.408. The van der Waals surface area contributed by atoms with Crippen molar-refractivity contribution < 1.29 is 0 Å². The summed E-state index contributed by atoms with van der Waals surface area (Å²) < 4.78 is 0. The molecular formula is C21H50Si4. The summed E-state index contributed by atoms with van der Waals surface area (Å²) in [4.78, 5) is 0. The summed E-state index contributed by atoms with van der Waals surface area (Å²) in [6.07, 6.45) is 0. The van der Waals surface area contributed by atoms with Gasteiger partial charge in [-0.2, -0.15) is 0 Å². The minimum absolute atomic E-state index is 0.285. The third kappa shape index (κ3) is 4.32. The van der Waals surface area contributed by atoms with Crippen LogP contribution in [0.5, 0.6) is 0 Å². The Hall–Kier alpha value is 0.868. The third-order valence-corrected chi connectivity index (χ3v) is 68.2. The molecule has 0 aliphatic rings. The van der Waals surface area contributed by atoms with Gasteiger partial charge in [0.25, 0.3) is 0 Å². The third-order valence-electron chi connectivity index (χ3n) is 7.96. The van der Waals surface area contributed by atoms with Crippen LogP contribution in [0.25, 0.3) is 0 Å². The molecule has 0 aromatic carbocycles. The van der Waals surface area contributed by atoms with Crippen LogP contribution in [-0.2, 0) is 0 Å². The molecule has 0 aromatic heterocycles. The van der Waals surface area contributed by atoms with Gasteiger partial charge in [0.05, 0.1) is 15.2 Å². The minimum Gasteiger partial charge on any atom is -0.0684 e. The van der Waals surface area contributed by atoms with Crippen molar-refractivity contribution in [1.82, 2.24) is 0 Å². The lowest BCUT2D eigenvalue weighted by Gasteiger charge is -2.62. The largest absolute Gasteiger partial charge is 0.0684 e. The van der Waals surface area contributed by atoms with Crippen LogP contribution in [0.15, 0.2) is 0 Å². The fourth-order valence-corrected chi connectivity index (χ4v) is 88.6. The van der Waals surface area contributed by atoms with E-state index in [0.717, 1.165) is 0 Å². The maximum Gasteiger partial charge on any atom is 0.0643 e. The molecule has 0 aromatic rings. The normalized spacial score (nSPS) is 15.4. The maximum atomic E-state index is 2.84. The standard InChI is InChI=1S/C21H50Si4/c1-17-22(14)23(24(15,18(2,3)4)19(5,6)7)25(16,20(8,9)10)21(11,12)13/h17H2,1-16H3. The number of hydrogen-bond donors (Lipinski definition) is 0. The molecule has 0 N–H and O–H groups in total. The van der Waals surface area contributed by atoms with Crippen LogP contribution in [0.4, 0.5) is 0 Å². The Kier molecular flexibility index (Phi) is 7.62. The van der Waals surface area contributed by atoms with Crippen LogP contribution in [0.3, 0.4) is 0 Å². The molecule has 0 saturated heterocycles. The zero-order valence-electron chi connectivity index (χ0n) is 20.7. The Labute approximate surface area is 165 Å². The molecule has 0 rings (SSSR count). The number of hydrogen-bond acceptors (Lipinski definition) is 0. The van der Waals surface area contributed by atoms with Gasteiger partial charge in [0.2, 0.25) is 0 Å². The van der Waals surface area contributed by atoms with Crippen LogP contribution < -0.4 is 0 Å². The first-order chi connectivity index (χ1) is 10.6. The fraction of sp³-hybridized carbons (Fsp3) is 1.00. The molecule has 25 heavy (non-hydrogen) atoms. The van der Waals surface area contributed by atoms with Crippen molar-refractivity contribution in [3.63, 3.8) is 0 Å². The molecule has 0 radical (unpaired) electrons. The van der Waals surface area contributed by atoms with Crippen LogP contribution in [0.2, 0.25) is 45.8 Å². The minimum atomic E-state index is -1.51. The second-order valence-corrected chi connectivity index (χ2v) is 43.8. The highest BCUT2D eigenvalue weighted by molar-refractivity contribution is 7.68. The maximum absolute atomic E-state index is 2.84. The van der Waals surface area contributed by atoms with Crippen LogP contribution in [0.1, 0.15) is 90.0 Å². The Balaban J connectivity index is 7.42. The van der Waals surface area contributed by atoms with E-state index in [2.05, 4.69) is 110 Å². The summed E-state index contributed by atoms with van der Waals surface area (Å²) in [7, 11) is -3.31. The van der Waals surface area contributed by atoms with Gasteiger partial charge in [0.15, 0.2) is 0 Å². The second-order valence-electron chi connectivity index (χ2n) is 12.8. The van der Waals surface area contributed by atoms with Crippen molar-refractivity contribution in [3.05, 3.63) is 0 Å². The molecule has 0 unspecified atom stereocenters. The zero-order chi connectivity index (χ0) is 20.9. The van der Waals surface area contributed by atoms with E-state index in [1.165, 1.54) is 6.04 Å². The lowest BCUT2D eigenvalue weighted by molar-refractivity contribution is 0.627. The Bertz CT molecular complexity index is 434. The SMILES string of the molecule is CC[Si](C)=[Si]([Si](C)(C(C)(C)C)C(C)(C)C)[Si](C)(C(C)(C)C)C(C)(C)C. The highest BCUT2D eigenvalue weighted by Gasteiger charge is 2.62. The van der Waals surface area contributed by atoms with E-state index in [0.29, 0.717) is 20.2 Å². The van der Waals surface area contributed by atoms with Gasteiger partial charge in [-0.1, -0.05) is 116 Å². The smallest absolute Gasteiger partial charge is 0.0643 e. The summed E-state index contributed by atoms with van der Waals surface area (Å²) in [5, 5.41) is 1.91. The lowest BCUT2D eigenvalue weighted by atomic mass is 10.2. The lowest BCUT2D eigenvalue weighted by Crippen LogP contribution is -2.74. The van der Waals surface area contributed by atoms with Gasteiger partial charge in [0, 0.05) is 0 Å². The van der Waals surface area contributed by atoms with Gasteiger partial charge in [-0.05, 0) is 35.0 Å². The fourth-order valence-electron chi connectivity index (χ4n) is 5.28. The van der Waals surface area contributed by atoms with E-state index in [1.54, 1.807) is 0 Å². The monoisotopic (exact) mass is 414 g/mol. The zero-order valence-corrected chi connectivity index (χ0v) is 24.7. The highest BCUT2D eigenvalue weighted by Crippen LogP contribution is 2.59. The van der Waals surface area contributed by atoms with E-state index in [9.17, 15) is 0 Å². The van der Waals surface area contributed by atoms with E-state index < -0.39 is 22.1 Å². The van der Waals surface area contributed by atoms with Crippen molar-refractivity contribution in [2.75, 3.05) is 0 Å². The molecule has 150 valence electrons. The van der Waals surface area contributed by atoms with Gasteiger partial charge in [-0.3, -0.25) is 0 Å². The van der Waals surface area contributed by atoms with E-state index in [4.69, 9.17) is 0 Å². The van der Waals surface area contributed by atoms with Gasteiger partial charge in [0.1, 0.15) is 0 Å². The Morgan fingerprint density at radius 3 is 0.880 bits per heavy atom. The molecule has 0 heterocycles. The Morgan fingerprint density at radius 1 is 0.560 bits per heavy atom. The van der Waals surface area contributed by atoms with Gasteiger partial charge in [-0.15, -0.1) is 0 Å². The molecular weight excluding hydrogens is 365 g/mol. The van der Waals surface area contributed by atoms with E-state index in [1.807, 2.05) is 0 Å². The number of rotatable bonds is 3. The van der Waals surface area contributed by atoms with Gasteiger partial charge in [-0.25, -0.2) is 0 Å². The van der Waals surface area contributed by atoms with Crippen LogP contribution in [0, 0.1) is 0 Å². The van der Waals surface area contributed by atoms with Crippen molar-refractivity contribution >= 4 is 30.0 Å². The summed E-state index contributed by atoms with van der Waals surface area (Å²) in [6.45, 7) is 41.7. The predicted octanol–water partition coefficient (Wildman–Crippen LogP) is 8.22. The molecule has 0 atom stereocenters. The van der Waals surface area contributed by atoms with Crippen LogP contribution in [-0.4, -0.2) is 30.0 Å². The molecule has 0 fully saturated rings. The summed E-state index contributed by atoms with van der Waals surface area (Å²) >= 11 is 0. The van der Waals surface area contributed by atoms with Gasteiger partial charge >= 0.3 is 0 Å². The van der Waals surface area contributed by atoms with Gasteiger partial charge < -0.3 is 0 Å². The first kappa shape index (κ1) is 25.9. The average Bonchev–Trinajstić information content (AvgIpc) is 2.32. The molecule has 4 heteroatoms. The molecule has 0 aliphatic heterocycles. The summed E-state index contributed by atoms with van der Waals surface area (Å²) in [5.41, 5.74) is 0.